The second-order valence-corrected chi connectivity index (χ2v) is 9.29. The fourth-order valence-electron chi connectivity index (χ4n) is 4.47. The van der Waals surface area contributed by atoms with Gasteiger partial charge in [0, 0.05) is 28.6 Å². The lowest BCUT2D eigenvalue weighted by Gasteiger charge is -2.30. The number of ether oxygens (including phenoxy) is 2. The molecule has 10 heteroatoms. The van der Waals surface area contributed by atoms with E-state index in [9.17, 15) is 9.59 Å². The SMILES string of the molecule is O=C(Nc1ccc2c(c1)OCO2)C1CCN(Cc2nc3scc(-c4ccco4)c3c(=O)[nH]2)CC1. The standard InChI is InChI=1S/C24H22N4O5S/c29-22(25-15-3-4-18-19(10-15)33-13-32-18)14-5-7-28(8-6-14)11-20-26-23(30)21-16(12-34-24(21)27-20)17-2-1-9-31-17/h1-4,9-10,12,14H,5-8,11,13H2,(H,25,29)(H,26,27,30). The Morgan fingerprint density at radius 3 is 2.88 bits per heavy atom. The van der Waals surface area contributed by atoms with Crippen LogP contribution in [0.25, 0.3) is 21.5 Å². The Morgan fingerprint density at radius 2 is 2.06 bits per heavy atom. The maximum Gasteiger partial charge on any atom is 0.260 e. The minimum absolute atomic E-state index is 0.00973. The van der Waals surface area contributed by atoms with Crippen LogP contribution in [0.2, 0.25) is 0 Å². The number of benzene rings is 1. The number of fused-ring (bicyclic) bond motifs is 2. The number of thiophene rings is 1. The summed E-state index contributed by atoms with van der Waals surface area (Å²) in [6.07, 6.45) is 3.07. The van der Waals surface area contributed by atoms with E-state index in [1.54, 1.807) is 24.5 Å². The van der Waals surface area contributed by atoms with Crippen LogP contribution < -0.4 is 20.3 Å². The van der Waals surface area contributed by atoms with E-state index in [1.807, 2.05) is 17.5 Å². The number of H-pyrrole nitrogens is 1. The number of piperidine rings is 1. The smallest absolute Gasteiger partial charge is 0.260 e. The van der Waals surface area contributed by atoms with E-state index in [0.29, 0.717) is 45.5 Å². The van der Waals surface area contributed by atoms with Crippen LogP contribution in [0.3, 0.4) is 0 Å². The number of nitrogens with zero attached hydrogens (tertiary/aromatic N) is 2. The van der Waals surface area contributed by atoms with Gasteiger partial charge in [-0.15, -0.1) is 11.3 Å². The monoisotopic (exact) mass is 478 g/mol. The van der Waals surface area contributed by atoms with Gasteiger partial charge in [0.25, 0.3) is 5.56 Å². The Morgan fingerprint density at radius 1 is 1.21 bits per heavy atom. The minimum atomic E-state index is -0.161. The zero-order valence-corrected chi connectivity index (χ0v) is 19.0. The van der Waals surface area contributed by atoms with Crippen molar-refractivity contribution in [2.45, 2.75) is 19.4 Å². The average molecular weight is 479 g/mol. The van der Waals surface area contributed by atoms with Gasteiger partial charge in [-0.1, -0.05) is 0 Å². The number of aromatic amines is 1. The van der Waals surface area contributed by atoms with Crippen LogP contribution in [-0.2, 0) is 11.3 Å². The summed E-state index contributed by atoms with van der Waals surface area (Å²) in [5, 5.41) is 5.45. The van der Waals surface area contributed by atoms with Crippen LogP contribution in [0.15, 0.2) is 51.2 Å². The highest BCUT2D eigenvalue weighted by Gasteiger charge is 2.26. The Labute approximate surface area is 198 Å². The third-order valence-corrected chi connectivity index (χ3v) is 7.12. The molecule has 6 rings (SSSR count). The van der Waals surface area contributed by atoms with E-state index < -0.39 is 0 Å². The number of hydrogen-bond donors (Lipinski definition) is 2. The summed E-state index contributed by atoms with van der Waals surface area (Å²) in [4.78, 5) is 36.1. The van der Waals surface area contributed by atoms with Gasteiger partial charge in [0.15, 0.2) is 11.5 Å². The van der Waals surface area contributed by atoms with Gasteiger partial charge in [-0.2, -0.15) is 0 Å². The number of rotatable bonds is 5. The predicted molar refractivity (Wildman–Crippen MR) is 127 cm³/mol. The molecular formula is C24H22N4O5S. The van der Waals surface area contributed by atoms with E-state index in [2.05, 4.69) is 20.2 Å². The van der Waals surface area contributed by atoms with Crippen LogP contribution in [0.1, 0.15) is 18.7 Å². The zero-order chi connectivity index (χ0) is 23.1. The van der Waals surface area contributed by atoms with Gasteiger partial charge in [0.05, 0.1) is 18.2 Å². The van der Waals surface area contributed by atoms with Crippen molar-refractivity contribution in [3.8, 4) is 22.8 Å². The number of furan rings is 1. The first-order valence-electron chi connectivity index (χ1n) is 11.1. The van der Waals surface area contributed by atoms with Crippen molar-refractivity contribution in [2.75, 3.05) is 25.2 Å². The number of carbonyl (C=O) groups excluding carboxylic acids is 1. The minimum Gasteiger partial charge on any atom is -0.464 e. The van der Waals surface area contributed by atoms with Crippen LogP contribution in [-0.4, -0.2) is 40.7 Å². The molecule has 4 aromatic rings. The lowest BCUT2D eigenvalue weighted by Crippen LogP contribution is -2.38. The third kappa shape index (κ3) is 3.95. The van der Waals surface area contributed by atoms with E-state index in [0.717, 1.165) is 31.5 Å². The fraction of sp³-hybridized carbons (Fsp3) is 0.292. The maximum absolute atomic E-state index is 12.8. The number of likely N-dealkylation sites (tertiary alicyclic amines) is 1. The van der Waals surface area contributed by atoms with Gasteiger partial charge in [0.1, 0.15) is 16.4 Å². The molecule has 1 fully saturated rings. The summed E-state index contributed by atoms with van der Waals surface area (Å²) < 4.78 is 16.1. The van der Waals surface area contributed by atoms with E-state index >= 15 is 0 Å². The van der Waals surface area contributed by atoms with Crippen LogP contribution in [0, 0.1) is 5.92 Å². The van der Waals surface area contributed by atoms with E-state index in [4.69, 9.17) is 13.9 Å². The molecule has 2 aliphatic heterocycles. The maximum atomic E-state index is 12.8. The largest absolute Gasteiger partial charge is 0.464 e. The number of carbonyl (C=O) groups is 1. The first-order valence-corrected chi connectivity index (χ1v) is 12.0. The molecule has 174 valence electrons. The van der Waals surface area contributed by atoms with Crippen LogP contribution in [0.4, 0.5) is 5.69 Å². The van der Waals surface area contributed by atoms with Gasteiger partial charge in [-0.3, -0.25) is 14.5 Å². The first-order chi connectivity index (χ1) is 16.6. The van der Waals surface area contributed by atoms with Crippen LogP contribution in [0.5, 0.6) is 11.5 Å². The summed E-state index contributed by atoms with van der Waals surface area (Å²) in [5.74, 6) is 2.57. The number of nitrogens with one attached hydrogen (secondary N) is 2. The molecule has 5 heterocycles. The van der Waals surface area contributed by atoms with Crippen molar-refractivity contribution in [1.82, 2.24) is 14.9 Å². The molecule has 2 N–H and O–H groups in total. The molecule has 0 atom stereocenters. The summed E-state index contributed by atoms with van der Waals surface area (Å²) in [5.41, 5.74) is 1.31. The molecule has 0 aliphatic carbocycles. The quantitative estimate of drug-likeness (QED) is 0.449. The lowest BCUT2D eigenvalue weighted by molar-refractivity contribution is -0.121. The number of aromatic nitrogens is 2. The Kier molecular flexibility index (Phi) is 5.31. The fourth-order valence-corrected chi connectivity index (χ4v) is 5.41. The average Bonchev–Trinajstić information content (AvgIpc) is 3.59. The van der Waals surface area contributed by atoms with E-state index in [1.165, 1.54) is 11.3 Å². The number of hydrogen-bond acceptors (Lipinski definition) is 8. The Hall–Kier alpha value is -3.63. The summed E-state index contributed by atoms with van der Waals surface area (Å²) in [6.45, 7) is 2.25. The summed E-state index contributed by atoms with van der Waals surface area (Å²) in [6, 6.07) is 9.04. The molecular weight excluding hydrogens is 456 g/mol. The van der Waals surface area contributed by atoms with Crippen molar-refractivity contribution in [3.63, 3.8) is 0 Å². The lowest BCUT2D eigenvalue weighted by atomic mass is 9.95. The normalized spacial score (nSPS) is 16.2. The van der Waals surface area contributed by atoms with Crippen molar-refractivity contribution in [2.24, 2.45) is 5.92 Å². The van der Waals surface area contributed by atoms with Crippen molar-refractivity contribution in [3.05, 3.63) is 58.2 Å². The second-order valence-electron chi connectivity index (χ2n) is 8.43. The van der Waals surface area contributed by atoms with Crippen molar-refractivity contribution in [1.29, 1.82) is 0 Å². The van der Waals surface area contributed by atoms with Gasteiger partial charge >= 0.3 is 0 Å². The highest BCUT2D eigenvalue weighted by atomic mass is 32.1. The molecule has 9 nitrogen and oxygen atoms in total. The Bertz CT molecular complexity index is 1400. The third-order valence-electron chi connectivity index (χ3n) is 6.25. The van der Waals surface area contributed by atoms with Crippen molar-refractivity contribution < 1.29 is 18.7 Å². The molecule has 3 aromatic heterocycles. The first kappa shape index (κ1) is 20.9. The van der Waals surface area contributed by atoms with Gasteiger partial charge in [-0.25, -0.2) is 4.98 Å². The molecule has 0 unspecified atom stereocenters. The van der Waals surface area contributed by atoms with Gasteiger partial charge in [0.2, 0.25) is 12.7 Å². The van der Waals surface area contributed by atoms with Crippen LogP contribution >= 0.6 is 11.3 Å². The Balaban J connectivity index is 1.08. The zero-order valence-electron chi connectivity index (χ0n) is 18.2. The summed E-state index contributed by atoms with van der Waals surface area (Å²) in [7, 11) is 0. The highest BCUT2D eigenvalue weighted by Crippen LogP contribution is 2.35. The molecule has 1 aromatic carbocycles. The number of amides is 1. The predicted octanol–water partition coefficient (Wildman–Crippen LogP) is 3.82. The second kappa shape index (κ2) is 8.62. The van der Waals surface area contributed by atoms with Crippen molar-refractivity contribution >= 4 is 33.1 Å². The molecule has 34 heavy (non-hydrogen) atoms. The molecule has 0 bridgehead atoms. The molecule has 0 saturated carbocycles. The molecule has 0 radical (unpaired) electrons. The number of anilines is 1. The highest BCUT2D eigenvalue weighted by molar-refractivity contribution is 7.17. The molecule has 1 saturated heterocycles. The topological polar surface area (TPSA) is 110 Å². The molecule has 0 spiro atoms. The van der Waals surface area contributed by atoms with Gasteiger partial charge < -0.3 is 24.2 Å². The molecule has 1 amide bonds. The molecule has 2 aliphatic rings. The van der Waals surface area contributed by atoms with E-state index in [-0.39, 0.29) is 24.2 Å². The van der Waals surface area contributed by atoms with Gasteiger partial charge in [-0.05, 0) is 50.2 Å². The summed E-state index contributed by atoms with van der Waals surface area (Å²) >= 11 is 1.44.